The lowest BCUT2D eigenvalue weighted by Crippen LogP contribution is -2.15. The summed E-state index contributed by atoms with van der Waals surface area (Å²) in [5.41, 5.74) is 13.5. The number of thiophene rings is 1. The summed E-state index contributed by atoms with van der Waals surface area (Å²) in [6.07, 6.45) is 2.40. The Kier molecular flexibility index (Phi) is 14.5. The third-order valence-electron chi connectivity index (χ3n) is 11.7. The number of ketones is 1. The summed E-state index contributed by atoms with van der Waals surface area (Å²) >= 11 is 7.95. The Balaban J connectivity index is 0.712. The van der Waals surface area contributed by atoms with Crippen molar-refractivity contribution in [3.63, 3.8) is 0 Å². The van der Waals surface area contributed by atoms with Crippen molar-refractivity contribution in [1.29, 1.82) is 0 Å². The van der Waals surface area contributed by atoms with Crippen molar-refractivity contribution in [2.45, 2.75) is 66.3 Å². The Hall–Kier alpha value is -5.50. The molecule has 3 aromatic carbocycles. The molecule has 332 valence electrons. The molecule has 3 aromatic heterocycles. The molecule has 0 amide bonds. The number of hydrogen-bond donors (Lipinski definition) is 1. The van der Waals surface area contributed by atoms with Crippen LogP contribution < -0.4 is 10.1 Å². The normalized spacial score (nSPS) is 14.2. The lowest BCUT2D eigenvalue weighted by Gasteiger charge is -2.14. The Labute approximate surface area is 384 Å². The number of halogens is 1. The van der Waals surface area contributed by atoms with Crippen LogP contribution in [0, 0.1) is 34.6 Å². The molecule has 0 saturated carbocycles. The van der Waals surface area contributed by atoms with Crippen LogP contribution in [0.2, 0.25) is 5.02 Å². The van der Waals surface area contributed by atoms with Gasteiger partial charge < -0.3 is 24.3 Å². The van der Waals surface area contributed by atoms with E-state index >= 15 is 0 Å². The van der Waals surface area contributed by atoms with Gasteiger partial charge in [-0.25, -0.2) is 4.98 Å². The van der Waals surface area contributed by atoms with Crippen molar-refractivity contribution < 1.29 is 23.7 Å². The van der Waals surface area contributed by atoms with E-state index in [-0.39, 0.29) is 18.6 Å². The fourth-order valence-electron chi connectivity index (χ4n) is 8.44. The van der Waals surface area contributed by atoms with Gasteiger partial charge in [0.2, 0.25) is 0 Å². The van der Waals surface area contributed by atoms with Crippen molar-refractivity contribution in [3.8, 4) is 21.9 Å². The number of ether oxygens (including phenoxy) is 4. The number of nitrogens with zero attached hydrogens (tertiary/aromatic N) is 5. The summed E-state index contributed by atoms with van der Waals surface area (Å²) in [7, 11) is 0. The number of allylic oxidation sites excluding steroid dienone is 1. The number of hydrogen-bond acceptors (Lipinski definition) is 11. The van der Waals surface area contributed by atoms with Gasteiger partial charge in [-0.1, -0.05) is 66.2 Å². The van der Waals surface area contributed by atoms with Crippen molar-refractivity contribution in [3.05, 3.63) is 151 Å². The highest BCUT2D eigenvalue weighted by Gasteiger charge is 2.32. The van der Waals surface area contributed by atoms with E-state index in [0.717, 1.165) is 63.1 Å². The van der Waals surface area contributed by atoms with Gasteiger partial charge >= 0.3 is 0 Å². The predicted molar refractivity (Wildman–Crippen MR) is 255 cm³/mol. The number of benzene rings is 3. The average molecular weight is 900 g/mol. The molecule has 1 atom stereocenters. The molecular formula is C51H55ClN6O5S. The first-order valence-corrected chi connectivity index (χ1v) is 23.1. The molecule has 0 saturated heterocycles. The van der Waals surface area contributed by atoms with Crippen LogP contribution in [0.1, 0.15) is 73.6 Å². The van der Waals surface area contributed by atoms with E-state index in [1.54, 1.807) is 11.3 Å². The Morgan fingerprint density at radius 3 is 2.23 bits per heavy atom. The minimum atomic E-state index is -0.502. The first kappa shape index (κ1) is 45.1. The molecule has 1 aliphatic heterocycles. The standard InChI is InChI=1S/C51H55ClN6O5S/c1-31-25-39-9-10-40(29-41(39)26-31)47-32(2)27-46(54-34(47)4)53-17-18-60-19-20-61-21-22-62-23-24-63-44-15-7-37(8-16-44)28-43(59)30-45-50-57-56-36(6)58(50)51-48(33(3)35(5)64-51)49(55-45)38-11-13-42(52)14-12-38/h7-16,27,29,45H,1,17-26,28,30H2,2-6H3,(H,53,54)/t45-/m0/s1. The maximum Gasteiger partial charge on any atom is 0.163 e. The van der Waals surface area contributed by atoms with Crippen molar-refractivity contribution in [1.82, 2.24) is 19.7 Å². The number of carbonyl (C=O) groups excluding carboxylic acids is 1. The molecule has 0 fully saturated rings. The maximum atomic E-state index is 13.6. The molecule has 0 spiro atoms. The largest absolute Gasteiger partial charge is 0.491 e. The van der Waals surface area contributed by atoms with Gasteiger partial charge in [-0.2, -0.15) is 0 Å². The van der Waals surface area contributed by atoms with Gasteiger partial charge in [-0.15, -0.1) is 21.5 Å². The van der Waals surface area contributed by atoms with E-state index in [1.165, 1.54) is 38.3 Å². The number of carbonyl (C=O) groups is 1. The molecule has 8 rings (SSSR count). The van der Waals surface area contributed by atoms with Crippen LogP contribution in [0.3, 0.4) is 0 Å². The molecule has 64 heavy (non-hydrogen) atoms. The van der Waals surface area contributed by atoms with Crippen LogP contribution in [0.4, 0.5) is 5.82 Å². The zero-order valence-electron chi connectivity index (χ0n) is 37.3. The molecule has 2 aliphatic rings. The topological polar surface area (TPSA) is 122 Å². The molecule has 4 heterocycles. The molecular weight excluding hydrogens is 844 g/mol. The number of aliphatic imine (C=N–C) groups is 1. The first-order chi connectivity index (χ1) is 31.0. The summed E-state index contributed by atoms with van der Waals surface area (Å²) < 4.78 is 25.1. The highest BCUT2D eigenvalue weighted by atomic mass is 35.5. The quantitative estimate of drug-likeness (QED) is 0.0590. The number of fused-ring (bicyclic) bond motifs is 4. The van der Waals surface area contributed by atoms with Gasteiger partial charge in [0.15, 0.2) is 5.82 Å². The van der Waals surface area contributed by atoms with E-state index in [4.69, 9.17) is 40.5 Å². The van der Waals surface area contributed by atoms with E-state index in [0.29, 0.717) is 69.4 Å². The second-order valence-corrected chi connectivity index (χ2v) is 18.1. The monoisotopic (exact) mass is 898 g/mol. The predicted octanol–water partition coefficient (Wildman–Crippen LogP) is 9.88. The van der Waals surface area contributed by atoms with Gasteiger partial charge in [0.25, 0.3) is 0 Å². The smallest absolute Gasteiger partial charge is 0.163 e. The summed E-state index contributed by atoms with van der Waals surface area (Å²) in [5.74, 6) is 3.05. The molecule has 6 aromatic rings. The zero-order valence-corrected chi connectivity index (χ0v) is 38.8. The fraction of sp³-hybridized carbons (Fsp3) is 0.353. The highest BCUT2D eigenvalue weighted by molar-refractivity contribution is 7.15. The molecule has 1 aliphatic carbocycles. The minimum absolute atomic E-state index is 0.0564. The van der Waals surface area contributed by atoms with Crippen molar-refractivity contribution in [2.75, 3.05) is 58.1 Å². The van der Waals surface area contributed by atoms with E-state index in [9.17, 15) is 4.79 Å². The first-order valence-electron chi connectivity index (χ1n) is 21.9. The molecule has 0 radical (unpaired) electrons. The van der Waals surface area contributed by atoms with Crippen LogP contribution in [0.5, 0.6) is 5.75 Å². The van der Waals surface area contributed by atoms with Crippen LogP contribution in [0.15, 0.2) is 89.9 Å². The Morgan fingerprint density at radius 2 is 1.50 bits per heavy atom. The second-order valence-electron chi connectivity index (χ2n) is 16.5. The van der Waals surface area contributed by atoms with Gasteiger partial charge in [-0.05, 0) is 111 Å². The van der Waals surface area contributed by atoms with Crippen LogP contribution in [0.25, 0.3) is 16.1 Å². The zero-order chi connectivity index (χ0) is 44.7. The molecule has 13 heteroatoms. The third-order valence-corrected chi connectivity index (χ3v) is 13.1. The average Bonchev–Trinajstić information content (AvgIpc) is 3.91. The van der Waals surface area contributed by atoms with Gasteiger partial charge in [-0.3, -0.25) is 14.4 Å². The molecule has 0 unspecified atom stereocenters. The fourth-order valence-corrected chi connectivity index (χ4v) is 9.78. The third kappa shape index (κ3) is 10.5. The number of Topliss-reactive ketones (excluding diaryl/α,β-unsaturated/α-hetero) is 1. The Morgan fingerprint density at radius 1 is 0.812 bits per heavy atom. The number of aryl methyl sites for hydroxylation is 4. The van der Waals surface area contributed by atoms with E-state index in [2.05, 4.69) is 78.6 Å². The van der Waals surface area contributed by atoms with E-state index < -0.39 is 6.04 Å². The molecule has 11 nitrogen and oxygen atoms in total. The summed E-state index contributed by atoms with van der Waals surface area (Å²) in [6.45, 7) is 18.5. The number of pyridine rings is 1. The van der Waals surface area contributed by atoms with Crippen LogP contribution >= 0.6 is 22.9 Å². The van der Waals surface area contributed by atoms with Crippen LogP contribution in [-0.4, -0.2) is 84.0 Å². The number of aromatic nitrogens is 4. The summed E-state index contributed by atoms with van der Waals surface area (Å²) in [6, 6.07) is 23.7. The second kappa shape index (κ2) is 20.6. The maximum absolute atomic E-state index is 13.6. The van der Waals surface area contributed by atoms with E-state index in [1.807, 2.05) is 55.5 Å². The number of anilines is 1. The highest BCUT2D eigenvalue weighted by Crippen LogP contribution is 2.40. The SMILES string of the molecule is C=C1Cc2ccc(-c3c(C)cc(NCCOCCOCCOCCOc4ccc(CC(=O)C[C@@H]5N=C(c6ccc(Cl)cc6)c6c(sc(C)c6C)-n6c(C)nnc65)cc4)nc3C)cc2C1. The number of nitrogens with one attached hydrogen (secondary N) is 1. The molecule has 0 bridgehead atoms. The van der Waals surface area contributed by atoms with Gasteiger partial charge in [0, 0.05) is 51.7 Å². The van der Waals surface area contributed by atoms with Crippen molar-refractivity contribution >= 4 is 40.3 Å². The van der Waals surface area contributed by atoms with Crippen molar-refractivity contribution in [2.24, 2.45) is 4.99 Å². The summed E-state index contributed by atoms with van der Waals surface area (Å²) in [4.78, 5) is 24.9. The minimum Gasteiger partial charge on any atom is -0.491 e. The Bertz CT molecular complexity index is 2650. The van der Waals surface area contributed by atoms with Gasteiger partial charge in [0.05, 0.1) is 45.4 Å². The lowest BCUT2D eigenvalue weighted by molar-refractivity contribution is -0.118. The van der Waals surface area contributed by atoms with Gasteiger partial charge in [0.1, 0.15) is 40.8 Å². The lowest BCUT2D eigenvalue weighted by atomic mass is 9.96. The summed E-state index contributed by atoms with van der Waals surface area (Å²) in [5, 5.41) is 14.0. The van der Waals surface area contributed by atoms with Crippen LogP contribution in [-0.2, 0) is 38.3 Å². The molecule has 1 N–H and O–H groups in total. The number of rotatable bonds is 20.